The summed E-state index contributed by atoms with van der Waals surface area (Å²) in [5.74, 6) is 5.24. The maximum Gasteiger partial charge on any atom is 0.255 e. The number of nitrogens with zero attached hydrogens (tertiary/aromatic N) is 2. The van der Waals surface area contributed by atoms with Crippen LogP contribution < -0.4 is 0 Å². The third kappa shape index (κ3) is 3.35. The highest BCUT2D eigenvalue weighted by molar-refractivity contribution is 5.96. The van der Waals surface area contributed by atoms with Crippen molar-refractivity contribution in [1.29, 1.82) is 0 Å². The number of carbonyl (C=O) groups is 1. The lowest BCUT2D eigenvalue weighted by Gasteiger charge is -2.35. The molecule has 1 amide bonds. The van der Waals surface area contributed by atoms with E-state index in [2.05, 4.69) is 16.8 Å². The number of amides is 1. The van der Waals surface area contributed by atoms with E-state index in [1.807, 2.05) is 13.8 Å². The zero-order valence-electron chi connectivity index (χ0n) is 11.7. The van der Waals surface area contributed by atoms with Gasteiger partial charge in [-0.25, -0.2) is 0 Å². The molecule has 2 unspecified atom stereocenters. The lowest BCUT2D eigenvalue weighted by molar-refractivity contribution is -0.0586. The number of hydrogen-bond acceptors (Lipinski definition) is 4. The summed E-state index contributed by atoms with van der Waals surface area (Å²) < 4.78 is 5.63. The Kier molecular flexibility index (Phi) is 4.72. The SMILES string of the molecule is CC1CN(C(=O)c2ccncc2C#CCO)CC(C)O1. The van der Waals surface area contributed by atoms with E-state index < -0.39 is 0 Å². The molecule has 2 heterocycles. The average molecular weight is 274 g/mol. The molecular formula is C15H18N2O3. The molecular weight excluding hydrogens is 256 g/mol. The number of pyridine rings is 1. The molecule has 1 aliphatic heterocycles. The number of carbonyl (C=O) groups excluding carboxylic acids is 1. The van der Waals surface area contributed by atoms with Crippen LogP contribution in [0.5, 0.6) is 0 Å². The molecule has 1 aliphatic rings. The number of aliphatic hydroxyl groups is 1. The molecule has 0 aliphatic carbocycles. The number of ether oxygens (including phenoxy) is 1. The smallest absolute Gasteiger partial charge is 0.255 e. The van der Waals surface area contributed by atoms with E-state index in [1.54, 1.807) is 23.4 Å². The first kappa shape index (κ1) is 14.5. The molecule has 0 spiro atoms. The Bertz CT molecular complexity index is 538. The van der Waals surface area contributed by atoms with Gasteiger partial charge in [-0.05, 0) is 19.9 Å². The fraction of sp³-hybridized carbons (Fsp3) is 0.467. The van der Waals surface area contributed by atoms with Gasteiger partial charge in [-0.3, -0.25) is 9.78 Å². The van der Waals surface area contributed by atoms with Crippen LogP contribution in [0.2, 0.25) is 0 Å². The largest absolute Gasteiger partial charge is 0.384 e. The molecule has 0 aromatic carbocycles. The highest BCUT2D eigenvalue weighted by atomic mass is 16.5. The number of aromatic nitrogens is 1. The van der Waals surface area contributed by atoms with Gasteiger partial charge in [0.2, 0.25) is 0 Å². The van der Waals surface area contributed by atoms with Gasteiger partial charge in [-0.1, -0.05) is 11.8 Å². The molecule has 0 radical (unpaired) electrons. The Balaban J connectivity index is 2.24. The maximum absolute atomic E-state index is 12.6. The van der Waals surface area contributed by atoms with Gasteiger partial charge in [-0.2, -0.15) is 0 Å². The van der Waals surface area contributed by atoms with Crippen LogP contribution in [0.15, 0.2) is 18.5 Å². The lowest BCUT2D eigenvalue weighted by Crippen LogP contribution is -2.48. The van der Waals surface area contributed by atoms with Gasteiger partial charge in [0.05, 0.1) is 23.3 Å². The third-order valence-electron chi connectivity index (χ3n) is 3.06. The first-order valence-corrected chi connectivity index (χ1v) is 6.60. The van der Waals surface area contributed by atoms with Crippen LogP contribution in [0.1, 0.15) is 29.8 Å². The highest BCUT2D eigenvalue weighted by Gasteiger charge is 2.27. The predicted molar refractivity (Wildman–Crippen MR) is 74.1 cm³/mol. The minimum Gasteiger partial charge on any atom is -0.384 e. The number of morpholine rings is 1. The van der Waals surface area contributed by atoms with E-state index in [4.69, 9.17) is 9.84 Å². The van der Waals surface area contributed by atoms with E-state index in [1.165, 1.54) is 0 Å². The molecule has 5 heteroatoms. The van der Waals surface area contributed by atoms with Gasteiger partial charge < -0.3 is 14.7 Å². The topological polar surface area (TPSA) is 62.7 Å². The average Bonchev–Trinajstić information content (AvgIpc) is 2.43. The van der Waals surface area contributed by atoms with Crippen molar-refractivity contribution in [1.82, 2.24) is 9.88 Å². The fourth-order valence-corrected chi connectivity index (χ4v) is 2.33. The van der Waals surface area contributed by atoms with Crippen LogP contribution in [-0.4, -0.2) is 52.8 Å². The Morgan fingerprint density at radius 1 is 1.50 bits per heavy atom. The van der Waals surface area contributed by atoms with Crippen molar-refractivity contribution in [3.8, 4) is 11.8 Å². The van der Waals surface area contributed by atoms with Gasteiger partial charge in [0.25, 0.3) is 5.91 Å². The molecule has 1 saturated heterocycles. The quantitative estimate of drug-likeness (QED) is 0.765. The third-order valence-corrected chi connectivity index (χ3v) is 3.06. The zero-order chi connectivity index (χ0) is 14.5. The van der Waals surface area contributed by atoms with Crippen molar-refractivity contribution >= 4 is 5.91 Å². The molecule has 0 saturated carbocycles. The Morgan fingerprint density at radius 3 is 2.85 bits per heavy atom. The van der Waals surface area contributed by atoms with Crippen LogP contribution in [0.4, 0.5) is 0 Å². The van der Waals surface area contributed by atoms with E-state index in [0.29, 0.717) is 24.2 Å². The predicted octanol–water partition coefficient (Wildman–Crippen LogP) is 0.675. The summed E-state index contributed by atoms with van der Waals surface area (Å²) in [6, 6.07) is 1.66. The normalized spacial score (nSPS) is 22.1. The van der Waals surface area contributed by atoms with Crippen LogP contribution in [0.3, 0.4) is 0 Å². The molecule has 0 bridgehead atoms. The van der Waals surface area contributed by atoms with Crippen molar-refractivity contribution in [2.75, 3.05) is 19.7 Å². The van der Waals surface area contributed by atoms with E-state index >= 15 is 0 Å². The van der Waals surface area contributed by atoms with E-state index in [9.17, 15) is 4.79 Å². The van der Waals surface area contributed by atoms with Gasteiger partial charge in [-0.15, -0.1) is 0 Å². The molecule has 1 aromatic heterocycles. The minimum absolute atomic E-state index is 0.0245. The fourth-order valence-electron chi connectivity index (χ4n) is 2.33. The van der Waals surface area contributed by atoms with Crippen LogP contribution in [0, 0.1) is 11.8 Å². The lowest BCUT2D eigenvalue weighted by atomic mass is 10.1. The summed E-state index contributed by atoms with van der Waals surface area (Å²) in [7, 11) is 0. The van der Waals surface area contributed by atoms with Gasteiger partial charge in [0, 0.05) is 25.5 Å². The second-order valence-corrected chi connectivity index (χ2v) is 4.85. The number of aliphatic hydroxyl groups excluding tert-OH is 1. The summed E-state index contributed by atoms with van der Waals surface area (Å²) in [6.07, 6.45) is 3.17. The monoisotopic (exact) mass is 274 g/mol. The van der Waals surface area contributed by atoms with Gasteiger partial charge >= 0.3 is 0 Å². The number of hydrogen-bond donors (Lipinski definition) is 1. The van der Waals surface area contributed by atoms with Crippen molar-refractivity contribution in [3.05, 3.63) is 29.6 Å². The molecule has 1 fully saturated rings. The second-order valence-electron chi connectivity index (χ2n) is 4.85. The summed E-state index contributed by atoms with van der Waals surface area (Å²) in [6.45, 7) is 4.80. The molecule has 1 aromatic rings. The summed E-state index contributed by atoms with van der Waals surface area (Å²) >= 11 is 0. The van der Waals surface area contributed by atoms with Gasteiger partial charge in [0.15, 0.2) is 0 Å². The molecule has 5 nitrogen and oxygen atoms in total. The molecule has 2 rings (SSSR count). The van der Waals surface area contributed by atoms with Crippen molar-refractivity contribution < 1.29 is 14.6 Å². The summed E-state index contributed by atoms with van der Waals surface area (Å²) in [5, 5.41) is 8.77. The second kappa shape index (κ2) is 6.51. The summed E-state index contributed by atoms with van der Waals surface area (Å²) in [5.41, 5.74) is 1.06. The van der Waals surface area contributed by atoms with E-state index in [0.717, 1.165) is 0 Å². The molecule has 106 valence electrons. The number of rotatable bonds is 1. The summed E-state index contributed by atoms with van der Waals surface area (Å²) in [4.78, 5) is 18.3. The van der Waals surface area contributed by atoms with Crippen molar-refractivity contribution in [3.63, 3.8) is 0 Å². The minimum atomic E-state index is -0.242. The Morgan fingerprint density at radius 2 is 2.20 bits per heavy atom. The van der Waals surface area contributed by atoms with Gasteiger partial charge in [0.1, 0.15) is 6.61 Å². The van der Waals surface area contributed by atoms with Crippen molar-refractivity contribution in [2.45, 2.75) is 26.1 Å². The highest BCUT2D eigenvalue weighted by Crippen LogP contribution is 2.16. The Hall–Kier alpha value is -1.90. The molecule has 20 heavy (non-hydrogen) atoms. The molecule has 2 atom stereocenters. The molecule has 1 N–H and O–H groups in total. The zero-order valence-corrected chi connectivity index (χ0v) is 11.7. The first-order chi connectivity index (χ1) is 9.61. The van der Waals surface area contributed by atoms with Crippen LogP contribution in [-0.2, 0) is 4.74 Å². The van der Waals surface area contributed by atoms with Crippen molar-refractivity contribution in [2.24, 2.45) is 0 Å². The van der Waals surface area contributed by atoms with Crippen LogP contribution in [0.25, 0.3) is 0 Å². The first-order valence-electron chi connectivity index (χ1n) is 6.60. The standard InChI is InChI=1S/C15H18N2O3/c1-11-9-17(10-12(2)20-11)15(19)14-5-6-16-8-13(14)4-3-7-18/h5-6,8,11-12,18H,7,9-10H2,1-2H3. The van der Waals surface area contributed by atoms with Crippen LogP contribution >= 0.6 is 0 Å². The van der Waals surface area contributed by atoms with E-state index in [-0.39, 0.29) is 24.7 Å². The maximum atomic E-state index is 12.6. The Labute approximate surface area is 118 Å².